The van der Waals surface area contributed by atoms with E-state index in [0.29, 0.717) is 18.8 Å². The fourth-order valence-electron chi connectivity index (χ4n) is 3.01. The predicted molar refractivity (Wildman–Crippen MR) is 89.1 cm³/mol. The molecular formula is C17H25N3O4. The molecule has 3 rings (SSSR count). The van der Waals surface area contributed by atoms with Crippen LogP contribution in [-0.4, -0.2) is 55.1 Å². The number of nitrogens with zero attached hydrogens (tertiary/aromatic N) is 1. The maximum absolute atomic E-state index is 11.8. The number of hydrogen-bond acceptors (Lipinski definition) is 5. The van der Waals surface area contributed by atoms with E-state index in [2.05, 4.69) is 15.5 Å². The highest BCUT2D eigenvalue weighted by Crippen LogP contribution is 2.32. The number of aliphatic hydroxyl groups excluding tert-OH is 1. The van der Waals surface area contributed by atoms with E-state index in [1.54, 1.807) is 0 Å². The van der Waals surface area contributed by atoms with Crippen LogP contribution in [-0.2, 0) is 6.54 Å². The molecule has 1 aromatic rings. The van der Waals surface area contributed by atoms with Crippen molar-refractivity contribution in [3.8, 4) is 11.5 Å². The first-order valence-electron chi connectivity index (χ1n) is 8.51. The zero-order valence-corrected chi connectivity index (χ0v) is 13.8. The second-order valence-electron chi connectivity index (χ2n) is 6.27. The summed E-state index contributed by atoms with van der Waals surface area (Å²) in [6, 6.07) is 5.29. The normalized spacial score (nSPS) is 18.2. The first-order chi connectivity index (χ1) is 11.7. The van der Waals surface area contributed by atoms with Gasteiger partial charge >= 0.3 is 6.03 Å². The lowest BCUT2D eigenvalue weighted by molar-refractivity contribution is 0.101. The Morgan fingerprint density at radius 1 is 1.17 bits per heavy atom. The van der Waals surface area contributed by atoms with Crippen molar-refractivity contribution in [1.82, 2.24) is 15.5 Å². The van der Waals surface area contributed by atoms with Crippen molar-refractivity contribution in [2.45, 2.75) is 31.9 Å². The van der Waals surface area contributed by atoms with Crippen LogP contribution in [0.4, 0.5) is 4.79 Å². The van der Waals surface area contributed by atoms with E-state index in [9.17, 15) is 9.90 Å². The smallest absolute Gasteiger partial charge is 0.315 e. The van der Waals surface area contributed by atoms with Crippen LogP contribution in [0.2, 0.25) is 0 Å². The largest absolute Gasteiger partial charge is 0.454 e. The molecule has 0 bridgehead atoms. The molecule has 1 fully saturated rings. The number of ether oxygens (including phenoxy) is 2. The van der Waals surface area contributed by atoms with Gasteiger partial charge in [-0.3, -0.25) is 0 Å². The highest BCUT2D eigenvalue weighted by molar-refractivity contribution is 5.73. The first-order valence-corrected chi connectivity index (χ1v) is 8.51. The molecular weight excluding hydrogens is 310 g/mol. The molecule has 0 radical (unpaired) electrons. The summed E-state index contributed by atoms with van der Waals surface area (Å²) < 4.78 is 10.6. The SMILES string of the molecule is O=C(NCc1ccc2c(c1)OCO2)NC[C@H](O)CN1CCCCC1. The summed E-state index contributed by atoms with van der Waals surface area (Å²) in [5.74, 6) is 1.43. The fraction of sp³-hybridized carbons (Fsp3) is 0.588. The average molecular weight is 335 g/mol. The summed E-state index contributed by atoms with van der Waals surface area (Å²) >= 11 is 0. The van der Waals surface area contributed by atoms with Gasteiger partial charge in [-0.05, 0) is 43.6 Å². The number of rotatable bonds is 6. The standard InChI is InChI=1S/C17H25N3O4/c21-14(11-20-6-2-1-3-7-20)10-19-17(22)18-9-13-4-5-15-16(8-13)24-12-23-15/h4-5,8,14,21H,1-3,6-7,9-12H2,(H2,18,19,22)/t14-/m0/s1. The number of hydrogen-bond donors (Lipinski definition) is 3. The molecule has 7 heteroatoms. The molecule has 2 aliphatic rings. The van der Waals surface area contributed by atoms with Crippen molar-refractivity contribution >= 4 is 6.03 Å². The van der Waals surface area contributed by atoms with Gasteiger partial charge in [0.25, 0.3) is 0 Å². The lowest BCUT2D eigenvalue weighted by Crippen LogP contribution is -2.44. The Kier molecular flexibility index (Phi) is 5.77. The van der Waals surface area contributed by atoms with Crippen LogP contribution in [0.3, 0.4) is 0 Å². The Balaban J connectivity index is 1.35. The van der Waals surface area contributed by atoms with Gasteiger partial charge in [-0.1, -0.05) is 12.5 Å². The Morgan fingerprint density at radius 3 is 2.79 bits per heavy atom. The molecule has 0 unspecified atom stereocenters. The summed E-state index contributed by atoms with van der Waals surface area (Å²) in [7, 11) is 0. The van der Waals surface area contributed by atoms with Gasteiger partial charge in [-0.15, -0.1) is 0 Å². The molecule has 2 aliphatic heterocycles. The molecule has 0 aromatic heterocycles. The first kappa shape index (κ1) is 16.9. The van der Waals surface area contributed by atoms with Gasteiger partial charge in [0, 0.05) is 19.6 Å². The van der Waals surface area contributed by atoms with Crippen molar-refractivity contribution in [3.05, 3.63) is 23.8 Å². The minimum atomic E-state index is -0.542. The Labute approximate surface area is 141 Å². The molecule has 2 heterocycles. The third-order valence-corrected chi connectivity index (χ3v) is 4.31. The number of benzene rings is 1. The second kappa shape index (κ2) is 8.21. The molecule has 2 amide bonds. The topological polar surface area (TPSA) is 83.1 Å². The molecule has 132 valence electrons. The van der Waals surface area contributed by atoms with Gasteiger partial charge in [0.15, 0.2) is 11.5 Å². The Hall–Kier alpha value is -1.99. The third-order valence-electron chi connectivity index (χ3n) is 4.31. The number of carbonyl (C=O) groups is 1. The number of β-amino-alcohol motifs (C(OH)–C–C–N with tert-alkyl or cyclic N) is 1. The molecule has 3 N–H and O–H groups in total. The molecule has 1 atom stereocenters. The van der Waals surface area contributed by atoms with Crippen LogP contribution >= 0.6 is 0 Å². The van der Waals surface area contributed by atoms with E-state index in [1.807, 2.05) is 18.2 Å². The lowest BCUT2D eigenvalue weighted by atomic mass is 10.1. The van der Waals surface area contributed by atoms with Gasteiger partial charge < -0.3 is 30.1 Å². The van der Waals surface area contributed by atoms with Crippen molar-refractivity contribution in [2.75, 3.05) is 33.0 Å². The summed E-state index contributed by atoms with van der Waals surface area (Å²) in [4.78, 5) is 14.1. The molecule has 0 saturated carbocycles. The Morgan fingerprint density at radius 2 is 1.96 bits per heavy atom. The number of likely N-dealkylation sites (tertiary alicyclic amines) is 1. The Bertz CT molecular complexity index is 561. The van der Waals surface area contributed by atoms with E-state index >= 15 is 0 Å². The second-order valence-corrected chi connectivity index (χ2v) is 6.27. The van der Waals surface area contributed by atoms with E-state index in [0.717, 1.165) is 24.4 Å². The molecule has 7 nitrogen and oxygen atoms in total. The zero-order chi connectivity index (χ0) is 16.8. The van der Waals surface area contributed by atoms with Gasteiger partial charge in [-0.2, -0.15) is 0 Å². The summed E-state index contributed by atoms with van der Waals surface area (Å²) in [6.45, 7) is 3.57. The highest BCUT2D eigenvalue weighted by Gasteiger charge is 2.16. The van der Waals surface area contributed by atoms with Crippen LogP contribution in [0.5, 0.6) is 11.5 Å². The van der Waals surface area contributed by atoms with Crippen LogP contribution in [0.25, 0.3) is 0 Å². The van der Waals surface area contributed by atoms with E-state index in [4.69, 9.17) is 9.47 Å². The van der Waals surface area contributed by atoms with Gasteiger partial charge in [0.05, 0.1) is 6.10 Å². The van der Waals surface area contributed by atoms with Crippen molar-refractivity contribution in [2.24, 2.45) is 0 Å². The number of amides is 2. The summed E-state index contributed by atoms with van der Waals surface area (Å²) in [5, 5.41) is 15.5. The maximum Gasteiger partial charge on any atom is 0.315 e. The number of piperidine rings is 1. The summed E-state index contributed by atoms with van der Waals surface area (Å²) in [5.41, 5.74) is 0.934. The third kappa shape index (κ3) is 4.75. The average Bonchev–Trinajstić information content (AvgIpc) is 3.07. The molecule has 1 aromatic carbocycles. The van der Waals surface area contributed by atoms with E-state index < -0.39 is 6.10 Å². The van der Waals surface area contributed by atoms with Gasteiger partial charge in [0.1, 0.15) is 0 Å². The number of urea groups is 1. The minimum Gasteiger partial charge on any atom is -0.454 e. The predicted octanol–water partition coefficient (Wildman–Crippen LogP) is 1.06. The minimum absolute atomic E-state index is 0.238. The maximum atomic E-state index is 11.8. The zero-order valence-electron chi connectivity index (χ0n) is 13.8. The van der Waals surface area contributed by atoms with Crippen molar-refractivity contribution in [3.63, 3.8) is 0 Å². The molecule has 0 aliphatic carbocycles. The molecule has 1 saturated heterocycles. The van der Waals surface area contributed by atoms with Gasteiger partial charge in [0.2, 0.25) is 6.79 Å². The van der Waals surface area contributed by atoms with Crippen LogP contribution < -0.4 is 20.1 Å². The summed E-state index contributed by atoms with van der Waals surface area (Å²) in [6.07, 6.45) is 3.11. The fourth-order valence-corrected chi connectivity index (χ4v) is 3.01. The van der Waals surface area contributed by atoms with Crippen LogP contribution in [0.1, 0.15) is 24.8 Å². The number of nitrogens with one attached hydrogen (secondary N) is 2. The van der Waals surface area contributed by atoms with Crippen LogP contribution in [0, 0.1) is 0 Å². The molecule has 24 heavy (non-hydrogen) atoms. The number of carbonyl (C=O) groups excluding carboxylic acids is 1. The quantitative estimate of drug-likeness (QED) is 0.724. The number of aliphatic hydroxyl groups is 1. The van der Waals surface area contributed by atoms with Crippen molar-refractivity contribution < 1.29 is 19.4 Å². The van der Waals surface area contributed by atoms with E-state index in [1.165, 1.54) is 19.3 Å². The van der Waals surface area contributed by atoms with E-state index in [-0.39, 0.29) is 19.4 Å². The molecule has 0 spiro atoms. The highest BCUT2D eigenvalue weighted by atomic mass is 16.7. The monoisotopic (exact) mass is 335 g/mol. The van der Waals surface area contributed by atoms with Crippen molar-refractivity contribution in [1.29, 1.82) is 0 Å². The van der Waals surface area contributed by atoms with Gasteiger partial charge in [-0.25, -0.2) is 4.79 Å². The lowest BCUT2D eigenvalue weighted by Gasteiger charge is -2.28. The van der Waals surface area contributed by atoms with Crippen LogP contribution in [0.15, 0.2) is 18.2 Å². The number of fused-ring (bicyclic) bond motifs is 1.